The fourth-order valence-electron chi connectivity index (χ4n) is 2.80. The first-order chi connectivity index (χ1) is 9.09. The minimum Gasteiger partial charge on any atom is -0.314 e. The Morgan fingerprint density at radius 2 is 2.16 bits per heavy atom. The van der Waals surface area contributed by atoms with Gasteiger partial charge in [0.25, 0.3) is 0 Å². The highest BCUT2D eigenvalue weighted by Crippen LogP contribution is 2.25. The van der Waals surface area contributed by atoms with Crippen LogP contribution in [0.4, 0.5) is 0 Å². The van der Waals surface area contributed by atoms with Gasteiger partial charge in [-0.05, 0) is 44.6 Å². The second kappa shape index (κ2) is 8.75. The summed E-state index contributed by atoms with van der Waals surface area (Å²) in [6.45, 7) is 6.88. The molecule has 1 aliphatic rings. The third-order valence-corrected chi connectivity index (χ3v) is 5.71. The van der Waals surface area contributed by atoms with E-state index in [2.05, 4.69) is 18.8 Å². The van der Waals surface area contributed by atoms with Gasteiger partial charge in [0.2, 0.25) is 0 Å². The molecule has 2 unspecified atom stereocenters. The molecule has 1 fully saturated rings. The summed E-state index contributed by atoms with van der Waals surface area (Å²) in [6, 6.07) is 0.390. The van der Waals surface area contributed by atoms with Crippen molar-refractivity contribution in [1.82, 2.24) is 5.32 Å². The van der Waals surface area contributed by atoms with E-state index in [0.717, 1.165) is 32.2 Å². The van der Waals surface area contributed by atoms with Gasteiger partial charge in [0, 0.05) is 6.04 Å². The summed E-state index contributed by atoms with van der Waals surface area (Å²) in [4.78, 5) is 0. The molecule has 1 saturated heterocycles. The molecule has 0 amide bonds. The van der Waals surface area contributed by atoms with Crippen LogP contribution in [0.15, 0.2) is 12.7 Å². The first-order valence-corrected chi connectivity index (χ1v) is 9.46. The Hall–Kier alpha value is -0.350. The number of hydrogen-bond acceptors (Lipinski definition) is 3. The minimum atomic E-state index is -2.76. The molecule has 19 heavy (non-hydrogen) atoms. The van der Waals surface area contributed by atoms with Gasteiger partial charge in [-0.1, -0.05) is 25.8 Å². The zero-order chi connectivity index (χ0) is 14.1. The van der Waals surface area contributed by atoms with E-state index in [0.29, 0.717) is 23.5 Å². The summed E-state index contributed by atoms with van der Waals surface area (Å²) in [5.74, 6) is 1.11. The maximum Gasteiger partial charge on any atom is 0.150 e. The van der Waals surface area contributed by atoms with Gasteiger partial charge in [-0.15, -0.1) is 6.58 Å². The first-order valence-electron chi connectivity index (χ1n) is 7.63. The molecule has 4 heteroatoms. The molecule has 3 nitrogen and oxygen atoms in total. The molecule has 1 rings (SSSR count). The van der Waals surface area contributed by atoms with Crippen molar-refractivity contribution in [3.8, 4) is 0 Å². The zero-order valence-corrected chi connectivity index (χ0v) is 13.1. The number of unbranched alkanes of at least 4 members (excludes halogenated alkanes) is 3. The quantitative estimate of drug-likeness (QED) is 0.496. The monoisotopic (exact) mass is 287 g/mol. The molecule has 1 aliphatic heterocycles. The van der Waals surface area contributed by atoms with Gasteiger partial charge in [-0.3, -0.25) is 0 Å². The molecule has 2 atom stereocenters. The number of sulfone groups is 1. The lowest BCUT2D eigenvalue weighted by molar-refractivity contribution is 0.351. The summed E-state index contributed by atoms with van der Waals surface area (Å²) in [6.07, 6.45) is 9.72. The molecule has 1 heterocycles. The maximum absolute atomic E-state index is 11.6. The molecule has 0 spiro atoms. The van der Waals surface area contributed by atoms with E-state index < -0.39 is 9.84 Å². The van der Waals surface area contributed by atoms with Gasteiger partial charge in [-0.25, -0.2) is 8.42 Å². The lowest BCUT2D eigenvalue weighted by atomic mass is 9.93. The van der Waals surface area contributed by atoms with Crippen LogP contribution in [-0.2, 0) is 9.84 Å². The highest BCUT2D eigenvalue weighted by atomic mass is 32.2. The average Bonchev–Trinajstić information content (AvgIpc) is 2.73. The van der Waals surface area contributed by atoms with Crippen LogP contribution < -0.4 is 5.32 Å². The van der Waals surface area contributed by atoms with Crippen molar-refractivity contribution in [3.63, 3.8) is 0 Å². The third-order valence-electron chi connectivity index (χ3n) is 3.92. The topological polar surface area (TPSA) is 46.2 Å². The fourth-order valence-corrected chi connectivity index (χ4v) is 4.68. The van der Waals surface area contributed by atoms with E-state index in [1.165, 1.54) is 19.3 Å². The van der Waals surface area contributed by atoms with E-state index in [1.807, 2.05) is 6.08 Å². The standard InChI is InChI=1S/C15H29NO2S/c1-3-5-6-7-8-9-15(16-11-4-2)14-10-12-19(17,18)13-14/h3,14-16H,1,4-13H2,2H3. The van der Waals surface area contributed by atoms with Crippen molar-refractivity contribution in [2.24, 2.45) is 5.92 Å². The molecule has 0 radical (unpaired) electrons. The van der Waals surface area contributed by atoms with Crippen molar-refractivity contribution < 1.29 is 8.42 Å². The summed E-state index contributed by atoms with van der Waals surface area (Å²) >= 11 is 0. The van der Waals surface area contributed by atoms with Gasteiger partial charge in [-0.2, -0.15) is 0 Å². The number of nitrogens with one attached hydrogen (secondary N) is 1. The molecule has 0 aromatic carbocycles. The van der Waals surface area contributed by atoms with Crippen molar-refractivity contribution in [2.45, 2.75) is 57.9 Å². The van der Waals surface area contributed by atoms with Gasteiger partial charge < -0.3 is 5.32 Å². The molecule has 0 bridgehead atoms. The highest BCUT2D eigenvalue weighted by Gasteiger charge is 2.32. The van der Waals surface area contributed by atoms with Crippen molar-refractivity contribution in [1.29, 1.82) is 0 Å². The van der Waals surface area contributed by atoms with Crippen LogP contribution in [0.5, 0.6) is 0 Å². The van der Waals surface area contributed by atoms with Crippen molar-refractivity contribution in [3.05, 3.63) is 12.7 Å². The Labute approximate surface area is 118 Å². The van der Waals surface area contributed by atoms with Crippen LogP contribution in [0.25, 0.3) is 0 Å². The van der Waals surface area contributed by atoms with Crippen molar-refractivity contribution in [2.75, 3.05) is 18.1 Å². The van der Waals surface area contributed by atoms with Crippen LogP contribution in [0, 0.1) is 5.92 Å². The van der Waals surface area contributed by atoms with Gasteiger partial charge in [0.15, 0.2) is 9.84 Å². The van der Waals surface area contributed by atoms with E-state index in [-0.39, 0.29) is 0 Å². The molecule has 0 aromatic heterocycles. The Bertz CT molecular complexity index is 351. The molecular formula is C15H29NO2S. The molecule has 112 valence electrons. The van der Waals surface area contributed by atoms with Crippen molar-refractivity contribution >= 4 is 9.84 Å². The van der Waals surface area contributed by atoms with E-state index in [4.69, 9.17) is 0 Å². The smallest absolute Gasteiger partial charge is 0.150 e. The van der Waals surface area contributed by atoms with Crippen LogP contribution >= 0.6 is 0 Å². The number of hydrogen-bond donors (Lipinski definition) is 1. The van der Waals surface area contributed by atoms with Crippen LogP contribution in [0.3, 0.4) is 0 Å². The van der Waals surface area contributed by atoms with Gasteiger partial charge in [0.1, 0.15) is 0 Å². The van der Waals surface area contributed by atoms with Crippen LogP contribution in [-0.4, -0.2) is 32.5 Å². The zero-order valence-electron chi connectivity index (χ0n) is 12.2. The SMILES string of the molecule is C=CCCCCCC(NCCC)C1CCS(=O)(=O)C1. The number of rotatable bonds is 10. The second-order valence-corrected chi connectivity index (χ2v) is 7.88. The summed E-state index contributed by atoms with van der Waals surface area (Å²) in [5, 5.41) is 3.56. The fraction of sp³-hybridized carbons (Fsp3) is 0.867. The lowest BCUT2D eigenvalue weighted by Gasteiger charge is -2.24. The van der Waals surface area contributed by atoms with E-state index >= 15 is 0 Å². The van der Waals surface area contributed by atoms with E-state index in [1.54, 1.807) is 0 Å². The summed E-state index contributed by atoms with van der Waals surface area (Å²) in [7, 11) is -2.76. The summed E-state index contributed by atoms with van der Waals surface area (Å²) < 4.78 is 23.2. The summed E-state index contributed by atoms with van der Waals surface area (Å²) in [5.41, 5.74) is 0. The molecule has 0 aliphatic carbocycles. The predicted octanol–water partition coefficient (Wildman–Crippen LogP) is 2.93. The Morgan fingerprint density at radius 1 is 1.37 bits per heavy atom. The van der Waals surface area contributed by atoms with Gasteiger partial charge in [0.05, 0.1) is 11.5 Å². The Kier molecular flexibility index (Phi) is 7.69. The number of allylic oxidation sites excluding steroid dienone is 1. The predicted molar refractivity (Wildman–Crippen MR) is 82.1 cm³/mol. The van der Waals surface area contributed by atoms with Crippen LogP contribution in [0.1, 0.15) is 51.9 Å². The molecule has 1 N–H and O–H groups in total. The maximum atomic E-state index is 11.6. The Balaban J connectivity index is 2.36. The van der Waals surface area contributed by atoms with Crippen LogP contribution in [0.2, 0.25) is 0 Å². The molecule has 0 saturated carbocycles. The lowest BCUT2D eigenvalue weighted by Crippen LogP contribution is -2.37. The highest BCUT2D eigenvalue weighted by molar-refractivity contribution is 7.91. The first kappa shape index (κ1) is 16.7. The normalized spacial score (nSPS) is 23.3. The van der Waals surface area contributed by atoms with E-state index in [9.17, 15) is 8.42 Å². The average molecular weight is 287 g/mol. The minimum absolute atomic E-state index is 0.330. The largest absolute Gasteiger partial charge is 0.314 e. The molecular weight excluding hydrogens is 258 g/mol. The third kappa shape index (κ3) is 6.57. The van der Waals surface area contributed by atoms with Gasteiger partial charge >= 0.3 is 0 Å². The molecule has 0 aromatic rings. The second-order valence-electron chi connectivity index (χ2n) is 5.65. The Morgan fingerprint density at radius 3 is 2.74 bits per heavy atom.